The number of morpholine rings is 1. The number of carbonyl (C=O) groups excluding carboxylic acids is 1. The highest BCUT2D eigenvalue weighted by Crippen LogP contribution is 2.32. The molecule has 0 unspecified atom stereocenters. The summed E-state index contributed by atoms with van der Waals surface area (Å²) < 4.78 is 10.9. The Hall–Kier alpha value is -1.59. The van der Waals surface area contributed by atoms with Crippen molar-refractivity contribution in [3.8, 4) is 5.75 Å². The van der Waals surface area contributed by atoms with E-state index in [0.29, 0.717) is 0 Å². The fourth-order valence-electron chi connectivity index (χ4n) is 2.30. The molecule has 0 aromatic heterocycles. The fourth-order valence-corrected chi connectivity index (χ4v) is 2.30. The Morgan fingerprint density at radius 3 is 2.94 bits per heavy atom. The van der Waals surface area contributed by atoms with Gasteiger partial charge in [-0.05, 0) is 6.07 Å². The molecule has 1 amide bonds. The van der Waals surface area contributed by atoms with Crippen LogP contribution in [0.25, 0.3) is 0 Å². The molecule has 2 aliphatic heterocycles. The molecule has 1 fully saturated rings. The Labute approximate surface area is 106 Å². The van der Waals surface area contributed by atoms with Crippen LogP contribution in [0.15, 0.2) is 18.2 Å². The standard InChI is InChI=1S/C13H16N2O3/c16-12-9-18-13-10(2-1-3-11(13)14-12)8-15-4-6-17-7-5-15/h1-3H,4-9H2,(H,14,16). The van der Waals surface area contributed by atoms with Gasteiger partial charge >= 0.3 is 0 Å². The summed E-state index contributed by atoms with van der Waals surface area (Å²) in [6.45, 7) is 4.39. The van der Waals surface area contributed by atoms with Crippen LogP contribution in [-0.4, -0.2) is 43.7 Å². The van der Waals surface area contributed by atoms with Crippen molar-refractivity contribution in [3.63, 3.8) is 0 Å². The highest BCUT2D eigenvalue weighted by molar-refractivity contribution is 5.95. The van der Waals surface area contributed by atoms with Gasteiger partial charge in [0.15, 0.2) is 6.61 Å². The normalized spacial score (nSPS) is 19.9. The average Bonchev–Trinajstić information content (AvgIpc) is 2.40. The molecular formula is C13H16N2O3. The molecule has 5 nitrogen and oxygen atoms in total. The molecule has 1 saturated heterocycles. The number of benzene rings is 1. The van der Waals surface area contributed by atoms with E-state index in [2.05, 4.69) is 10.2 Å². The average molecular weight is 248 g/mol. The zero-order valence-electron chi connectivity index (χ0n) is 10.1. The molecule has 0 atom stereocenters. The molecule has 0 aliphatic carbocycles. The van der Waals surface area contributed by atoms with Crippen LogP contribution in [0.5, 0.6) is 5.75 Å². The van der Waals surface area contributed by atoms with Crippen LogP contribution in [0.3, 0.4) is 0 Å². The van der Waals surface area contributed by atoms with Gasteiger partial charge in [0, 0.05) is 25.2 Å². The zero-order chi connectivity index (χ0) is 12.4. The summed E-state index contributed by atoms with van der Waals surface area (Å²) in [5, 5.41) is 2.83. The summed E-state index contributed by atoms with van der Waals surface area (Å²) >= 11 is 0. The van der Waals surface area contributed by atoms with E-state index < -0.39 is 0 Å². The molecular weight excluding hydrogens is 232 g/mol. The Morgan fingerprint density at radius 2 is 2.11 bits per heavy atom. The Kier molecular flexibility index (Phi) is 3.17. The second-order valence-electron chi connectivity index (χ2n) is 4.52. The van der Waals surface area contributed by atoms with Crippen molar-refractivity contribution in [2.75, 3.05) is 38.2 Å². The Balaban J connectivity index is 1.79. The smallest absolute Gasteiger partial charge is 0.262 e. The number of hydrogen-bond donors (Lipinski definition) is 1. The predicted molar refractivity (Wildman–Crippen MR) is 66.7 cm³/mol. The number of ether oxygens (including phenoxy) is 2. The molecule has 96 valence electrons. The lowest BCUT2D eigenvalue weighted by atomic mass is 10.1. The van der Waals surface area contributed by atoms with Crippen molar-refractivity contribution >= 4 is 11.6 Å². The Bertz CT molecular complexity index is 456. The molecule has 3 rings (SSSR count). The van der Waals surface area contributed by atoms with Crippen LogP contribution >= 0.6 is 0 Å². The fraction of sp³-hybridized carbons (Fsp3) is 0.462. The van der Waals surface area contributed by atoms with E-state index in [1.54, 1.807) is 0 Å². The first-order valence-electron chi connectivity index (χ1n) is 6.17. The van der Waals surface area contributed by atoms with Gasteiger partial charge < -0.3 is 14.8 Å². The van der Waals surface area contributed by atoms with Crippen LogP contribution < -0.4 is 10.1 Å². The molecule has 0 spiro atoms. The lowest BCUT2D eigenvalue weighted by molar-refractivity contribution is -0.118. The summed E-state index contributed by atoms with van der Waals surface area (Å²) in [6, 6.07) is 5.87. The van der Waals surface area contributed by atoms with Crippen molar-refractivity contribution in [2.24, 2.45) is 0 Å². The van der Waals surface area contributed by atoms with Gasteiger partial charge in [0.1, 0.15) is 5.75 Å². The minimum absolute atomic E-state index is 0.0916. The molecule has 2 aliphatic rings. The molecule has 1 aromatic rings. The second-order valence-corrected chi connectivity index (χ2v) is 4.52. The van der Waals surface area contributed by atoms with Crippen LogP contribution in [0.1, 0.15) is 5.56 Å². The number of anilines is 1. The maximum Gasteiger partial charge on any atom is 0.262 e. The van der Waals surface area contributed by atoms with E-state index in [1.165, 1.54) is 0 Å². The largest absolute Gasteiger partial charge is 0.481 e. The summed E-state index contributed by atoms with van der Waals surface area (Å²) in [5.74, 6) is 0.717. The Morgan fingerprint density at radius 1 is 1.28 bits per heavy atom. The van der Waals surface area contributed by atoms with Gasteiger partial charge in [0.05, 0.1) is 18.9 Å². The predicted octanol–water partition coefficient (Wildman–Crippen LogP) is 0.850. The number of rotatable bonds is 2. The van der Waals surface area contributed by atoms with E-state index in [9.17, 15) is 4.79 Å². The van der Waals surface area contributed by atoms with Gasteiger partial charge in [-0.3, -0.25) is 9.69 Å². The number of carbonyl (C=O) groups is 1. The van der Waals surface area contributed by atoms with Crippen molar-refractivity contribution in [1.82, 2.24) is 4.90 Å². The molecule has 0 radical (unpaired) electrons. The molecule has 0 bridgehead atoms. The lowest BCUT2D eigenvalue weighted by Gasteiger charge is -2.28. The highest BCUT2D eigenvalue weighted by atomic mass is 16.5. The van der Waals surface area contributed by atoms with Crippen molar-refractivity contribution in [3.05, 3.63) is 23.8 Å². The van der Waals surface area contributed by atoms with Gasteiger partial charge in [-0.25, -0.2) is 0 Å². The SMILES string of the molecule is O=C1COc2c(CN3CCOCC3)cccc2N1. The van der Waals surface area contributed by atoms with E-state index in [4.69, 9.17) is 9.47 Å². The summed E-state index contributed by atoms with van der Waals surface area (Å²) in [7, 11) is 0. The molecule has 1 N–H and O–H groups in total. The van der Waals surface area contributed by atoms with Gasteiger partial charge in [-0.2, -0.15) is 0 Å². The van der Waals surface area contributed by atoms with E-state index in [0.717, 1.165) is 49.8 Å². The summed E-state index contributed by atoms with van der Waals surface area (Å²) in [6.07, 6.45) is 0. The third-order valence-corrected chi connectivity index (χ3v) is 3.22. The monoisotopic (exact) mass is 248 g/mol. The second kappa shape index (κ2) is 4.96. The molecule has 0 saturated carbocycles. The molecule has 1 aromatic carbocycles. The van der Waals surface area contributed by atoms with Crippen molar-refractivity contribution in [2.45, 2.75) is 6.54 Å². The number of nitrogens with one attached hydrogen (secondary N) is 1. The minimum atomic E-state index is -0.0916. The van der Waals surface area contributed by atoms with Gasteiger partial charge in [0.2, 0.25) is 0 Å². The van der Waals surface area contributed by atoms with Crippen molar-refractivity contribution < 1.29 is 14.3 Å². The highest BCUT2D eigenvalue weighted by Gasteiger charge is 2.20. The third-order valence-electron chi connectivity index (χ3n) is 3.22. The van der Waals surface area contributed by atoms with Crippen molar-refractivity contribution in [1.29, 1.82) is 0 Å². The maximum atomic E-state index is 11.3. The molecule has 5 heteroatoms. The van der Waals surface area contributed by atoms with Crippen LogP contribution in [0.2, 0.25) is 0 Å². The van der Waals surface area contributed by atoms with Crippen LogP contribution in [-0.2, 0) is 16.1 Å². The topological polar surface area (TPSA) is 50.8 Å². The quantitative estimate of drug-likeness (QED) is 0.843. The first-order valence-corrected chi connectivity index (χ1v) is 6.17. The first kappa shape index (κ1) is 11.5. The van der Waals surface area contributed by atoms with Crippen LogP contribution in [0.4, 0.5) is 5.69 Å². The lowest BCUT2D eigenvalue weighted by Crippen LogP contribution is -2.36. The maximum absolute atomic E-state index is 11.3. The summed E-state index contributed by atoms with van der Waals surface area (Å²) in [4.78, 5) is 13.6. The number of para-hydroxylation sites is 1. The van der Waals surface area contributed by atoms with E-state index in [-0.39, 0.29) is 12.5 Å². The summed E-state index contributed by atoms with van der Waals surface area (Å²) in [5.41, 5.74) is 1.89. The zero-order valence-corrected chi connectivity index (χ0v) is 10.1. The van der Waals surface area contributed by atoms with E-state index in [1.807, 2.05) is 18.2 Å². The van der Waals surface area contributed by atoms with Gasteiger partial charge in [-0.15, -0.1) is 0 Å². The van der Waals surface area contributed by atoms with E-state index >= 15 is 0 Å². The minimum Gasteiger partial charge on any atom is -0.481 e. The molecule has 18 heavy (non-hydrogen) atoms. The number of hydrogen-bond acceptors (Lipinski definition) is 4. The van der Waals surface area contributed by atoms with Gasteiger partial charge in [0.25, 0.3) is 5.91 Å². The third kappa shape index (κ3) is 2.32. The number of amides is 1. The first-order chi connectivity index (χ1) is 8.83. The van der Waals surface area contributed by atoms with Crippen LogP contribution in [0, 0.1) is 0 Å². The number of fused-ring (bicyclic) bond motifs is 1. The number of nitrogens with zero attached hydrogens (tertiary/aromatic N) is 1. The van der Waals surface area contributed by atoms with Gasteiger partial charge in [-0.1, -0.05) is 12.1 Å². The molecule has 2 heterocycles.